The number of rotatable bonds is 2. The van der Waals surface area contributed by atoms with Gasteiger partial charge < -0.3 is 4.74 Å². The Morgan fingerprint density at radius 1 is 1.50 bits per heavy atom. The zero-order valence-electron chi connectivity index (χ0n) is 8.63. The molecule has 0 atom stereocenters. The van der Waals surface area contributed by atoms with Crippen LogP contribution in [0.5, 0.6) is 0 Å². The Hall–Kier alpha value is -1.58. The van der Waals surface area contributed by atoms with Gasteiger partial charge >= 0.3 is 6.09 Å². The molecule has 0 bridgehead atoms. The van der Waals surface area contributed by atoms with E-state index in [0.717, 1.165) is 11.3 Å². The van der Waals surface area contributed by atoms with Gasteiger partial charge in [-0.2, -0.15) is 0 Å². The summed E-state index contributed by atoms with van der Waals surface area (Å²) in [6.07, 6.45) is -0.469. The number of pyridine rings is 1. The highest BCUT2D eigenvalue weighted by Gasteiger charge is 2.03. The molecule has 14 heavy (non-hydrogen) atoms. The summed E-state index contributed by atoms with van der Waals surface area (Å²) in [5.74, 6) is 0.520. The average molecular weight is 194 g/mol. The maximum absolute atomic E-state index is 11.0. The van der Waals surface area contributed by atoms with Crippen LogP contribution in [0.15, 0.2) is 12.1 Å². The molecule has 4 nitrogen and oxygen atoms in total. The van der Waals surface area contributed by atoms with E-state index in [4.69, 9.17) is 4.74 Å². The van der Waals surface area contributed by atoms with Crippen molar-refractivity contribution in [1.82, 2.24) is 4.98 Å². The first kappa shape index (κ1) is 10.5. The van der Waals surface area contributed by atoms with Gasteiger partial charge in [-0.05, 0) is 32.4 Å². The molecule has 0 spiro atoms. The van der Waals surface area contributed by atoms with Crippen molar-refractivity contribution in [3.63, 3.8) is 0 Å². The van der Waals surface area contributed by atoms with E-state index in [1.54, 1.807) is 13.0 Å². The van der Waals surface area contributed by atoms with E-state index in [9.17, 15) is 4.79 Å². The van der Waals surface area contributed by atoms with Gasteiger partial charge in [-0.1, -0.05) is 6.07 Å². The maximum atomic E-state index is 11.0. The summed E-state index contributed by atoms with van der Waals surface area (Å²) in [6.45, 7) is 5.98. The first-order valence-electron chi connectivity index (χ1n) is 4.51. The zero-order chi connectivity index (χ0) is 10.6. The molecule has 0 aliphatic rings. The average Bonchev–Trinajstić information content (AvgIpc) is 2.12. The van der Waals surface area contributed by atoms with Gasteiger partial charge in [0, 0.05) is 5.69 Å². The predicted molar refractivity (Wildman–Crippen MR) is 54.4 cm³/mol. The molecule has 1 amide bonds. The van der Waals surface area contributed by atoms with Crippen LogP contribution in [-0.4, -0.2) is 17.7 Å². The summed E-state index contributed by atoms with van der Waals surface area (Å²) in [6, 6.07) is 3.66. The number of ether oxygens (including phenoxy) is 1. The fourth-order valence-electron chi connectivity index (χ4n) is 0.972. The molecule has 1 rings (SSSR count). The minimum atomic E-state index is -0.469. The third-order valence-corrected chi connectivity index (χ3v) is 1.86. The third kappa shape index (κ3) is 2.73. The largest absolute Gasteiger partial charge is 0.450 e. The molecule has 0 aliphatic heterocycles. The van der Waals surface area contributed by atoms with E-state index in [1.807, 2.05) is 19.9 Å². The van der Waals surface area contributed by atoms with Crippen molar-refractivity contribution < 1.29 is 9.53 Å². The predicted octanol–water partition coefficient (Wildman–Crippen LogP) is 2.27. The van der Waals surface area contributed by atoms with E-state index in [1.165, 1.54) is 0 Å². The summed E-state index contributed by atoms with van der Waals surface area (Å²) in [5, 5.41) is 2.54. The summed E-state index contributed by atoms with van der Waals surface area (Å²) >= 11 is 0. The summed E-state index contributed by atoms with van der Waals surface area (Å²) in [5.41, 5.74) is 2.00. The molecular formula is C10H14N2O2. The van der Waals surface area contributed by atoms with Crippen LogP contribution in [0.3, 0.4) is 0 Å². The fourth-order valence-corrected chi connectivity index (χ4v) is 0.972. The lowest BCUT2D eigenvalue weighted by atomic mass is 10.2. The molecular weight excluding hydrogens is 180 g/mol. The summed E-state index contributed by atoms with van der Waals surface area (Å²) in [7, 11) is 0. The summed E-state index contributed by atoms with van der Waals surface area (Å²) < 4.78 is 4.73. The standard InChI is InChI=1S/C10H14N2O2/c1-4-14-10(13)12-9-6-5-7(2)8(3)11-9/h5-6H,4H2,1-3H3,(H,11,12,13). The highest BCUT2D eigenvalue weighted by atomic mass is 16.5. The molecule has 1 heterocycles. The van der Waals surface area contributed by atoms with Gasteiger partial charge in [-0.3, -0.25) is 5.32 Å². The van der Waals surface area contributed by atoms with Gasteiger partial charge in [0.2, 0.25) is 0 Å². The number of carbonyl (C=O) groups is 1. The molecule has 4 heteroatoms. The number of aryl methyl sites for hydroxylation is 2. The second-order valence-corrected chi connectivity index (χ2v) is 2.94. The quantitative estimate of drug-likeness (QED) is 0.785. The van der Waals surface area contributed by atoms with E-state index >= 15 is 0 Å². The molecule has 0 unspecified atom stereocenters. The number of anilines is 1. The summed E-state index contributed by atoms with van der Waals surface area (Å²) in [4.78, 5) is 15.2. The van der Waals surface area contributed by atoms with E-state index in [2.05, 4.69) is 10.3 Å². The normalized spacial score (nSPS) is 9.64. The zero-order valence-corrected chi connectivity index (χ0v) is 8.63. The van der Waals surface area contributed by atoms with Crippen molar-refractivity contribution in [2.24, 2.45) is 0 Å². The number of hydrogen-bond acceptors (Lipinski definition) is 3. The Labute approximate surface area is 83.3 Å². The third-order valence-electron chi connectivity index (χ3n) is 1.86. The van der Waals surface area contributed by atoms with Crippen molar-refractivity contribution in [3.05, 3.63) is 23.4 Å². The molecule has 0 saturated heterocycles. The molecule has 0 radical (unpaired) electrons. The molecule has 76 valence electrons. The topological polar surface area (TPSA) is 51.2 Å². The fraction of sp³-hybridized carbons (Fsp3) is 0.400. The highest BCUT2D eigenvalue weighted by molar-refractivity contribution is 5.83. The minimum Gasteiger partial charge on any atom is -0.450 e. The molecule has 0 aliphatic carbocycles. The monoisotopic (exact) mass is 194 g/mol. The van der Waals surface area contributed by atoms with Crippen molar-refractivity contribution >= 4 is 11.9 Å². The molecule has 0 fully saturated rings. The molecule has 0 saturated carbocycles. The van der Waals surface area contributed by atoms with E-state index < -0.39 is 6.09 Å². The Kier molecular flexibility index (Phi) is 3.45. The molecule has 1 aromatic rings. The molecule has 0 aromatic carbocycles. The Bertz CT molecular complexity index is 337. The maximum Gasteiger partial charge on any atom is 0.412 e. The van der Waals surface area contributed by atoms with Gasteiger partial charge in [0.1, 0.15) is 5.82 Å². The number of aromatic nitrogens is 1. The molecule has 1 N–H and O–H groups in total. The Balaban J connectivity index is 2.68. The SMILES string of the molecule is CCOC(=O)Nc1ccc(C)c(C)n1. The number of hydrogen-bond donors (Lipinski definition) is 1. The van der Waals surface area contributed by atoms with Crippen LogP contribution in [0.1, 0.15) is 18.2 Å². The Morgan fingerprint density at radius 3 is 2.79 bits per heavy atom. The number of carbonyl (C=O) groups excluding carboxylic acids is 1. The lowest BCUT2D eigenvalue weighted by Crippen LogP contribution is -2.14. The van der Waals surface area contributed by atoms with Gasteiger partial charge in [0.15, 0.2) is 0 Å². The van der Waals surface area contributed by atoms with Crippen molar-refractivity contribution in [3.8, 4) is 0 Å². The second-order valence-electron chi connectivity index (χ2n) is 2.94. The van der Waals surface area contributed by atoms with Crippen LogP contribution in [-0.2, 0) is 4.74 Å². The number of amides is 1. The van der Waals surface area contributed by atoms with Crippen LogP contribution >= 0.6 is 0 Å². The first-order chi connectivity index (χ1) is 6.63. The van der Waals surface area contributed by atoms with Gasteiger partial charge in [-0.25, -0.2) is 9.78 Å². The van der Waals surface area contributed by atoms with Crippen LogP contribution < -0.4 is 5.32 Å². The van der Waals surface area contributed by atoms with Crippen molar-refractivity contribution in [1.29, 1.82) is 0 Å². The van der Waals surface area contributed by atoms with Gasteiger partial charge in [0.25, 0.3) is 0 Å². The highest BCUT2D eigenvalue weighted by Crippen LogP contribution is 2.09. The lowest BCUT2D eigenvalue weighted by Gasteiger charge is -2.05. The minimum absolute atomic E-state index is 0.358. The van der Waals surface area contributed by atoms with Gasteiger partial charge in [0.05, 0.1) is 6.61 Å². The van der Waals surface area contributed by atoms with Crippen molar-refractivity contribution in [2.45, 2.75) is 20.8 Å². The smallest absolute Gasteiger partial charge is 0.412 e. The second kappa shape index (κ2) is 4.60. The molecule has 1 aromatic heterocycles. The van der Waals surface area contributed by atoms with Crippen LogP contribution in [0.25, 0.3) is 0 Å². The van der Waals surface area contributed by atoms with Crippen LogP contribution in [0.4, 0.5) is 10.6 Å². The lowest BCUT2D eigenvalue weighted by molar-refractivity contribution is 0.168. The van der Waals surface area contributed by atoms with Crippen molar-refractivity contribution in [2.75, 3.05) is 11.9 Å². The van der Waals surface area contributed by atoms with E-state index in [0.29, 0.717) is 12.4 Å². The number of nitrogens with one attached hydrogen (secondary N) is 1. The van der Waals surface area contributed by atoms with Crippen LogP contribution in [0.2, 0.25) is 0 Å². The van der Waals surface area contributed by atoms with E-state index in [-0.39, 0.29) is 0 Å². The van der Waals surface area contributed by atoms with Crippen LogP contribution in [0, 0.1) is 13.8 Å². The van der Waals surface area contributed by atoms with Gasteiger partial charge in [-0.15, -0.1) is 0 Å². The Morgan fingerprint density at radius 2 is 2.21 bits per heavy atom. The first-order valence-corrected chi connectivity index (χ1v) is 4.51. The number of nitrogens with zero attached hydrogens (tertiary/aromatic N) is 1.